The zero-order valence-electron chi connectivity index (χ0n) is 15.5. The Morgan fingerprint density at radius 3 is 2.52 bits per heavy atom. The van der Waals surface area contributed by atoms with Crippen LogP contribution in [0.4, 0.5) is 0 Å². The van der Waals surface area contributed by atoms with E-state index in [1.807, 2.05) is 24.3 Å². The fraction of sp³-hybridized carbons (Fsp3) is 0.600. The highest BCUT2D eigenvalue weighted by Gasteiger charge is 2.41. The van der Waals surface area contributed by atoms with Gasteiger partial charge in [0, 0.05) is 0 Å². The number of amides is 1. The molecule has 0 heterocycles. The van der Waals surface area contributed by atoms with Crippen molar-refractivity contribution in [1.29, 1.82) is 0 Å². The third kappa shape index (κ3) is 4.74. The summed E-state index contributed by atoms with van der Waals surface area (Å²) in [7, 11) is 1.36. The maximum Gasteiger partial charge on any atom is 0.331 e. The highest BCUT2D eigenvalue weighted by atomic mass is 16.5. The predicted molar refractivity (Wildman–Crippen MR) is 96.6 cm³/mol. The summed E-state index contributed by atoms with van der Waals surface area (Å²) < 4.78 is 10.7. The van der Waals surface area contributed by atoms with E-state index in [0.717, 1.165) is 37.0 Å². The summed E-state index contributed by atoms with van der Waals surface area (Å²) in [5.74, 6) is 0.439. The van der Waals surface area contributed by atoms with Crippen LogP contribution in [0.25, 0.3) is 0 Å². The molecule has 1 aliphatic rings. The number of hydrogen-bond acceptors (Lipinski definition) is 4. The van der Waals surface area contributed by atoms with Crippen LogP contribution in [0.1, 0.15) is 63.9 Å². The van der Waals surface area contributed by atoms with Gasteiger partial charge in [-0.1, -0.05) is 51.3 Å². The van der Waals surface area contributed by atoms with Gasteiger partial charge in [-0.2, -0.15) is 0 Å². The highest BCUT2D eigenvalue weighted by Crippen LogP contribution is 2.30. The van der Waals surface area contributed by atoms with E-state index < -0.39 is 5.54 Å². The Bertz CT molecular complexity index is 593. The second kappa shape index (κ2) is 8.88. The third-order valence-electron chi connectivity index (χ3n) is 5.08. The molecule has 2 rings (SSSR count). The first-order chi connectivity index (χ1) is 12.0. The number of ether oxygens (including phenoxy) is 2. The van der Waals surface area contributed by atoms with E-state index in [4.69, 9.17) is 9.47 Å². The molecule has 138 valence electrons. The smallest absolute Gasteiger partial charge is 0.331 e. The molecular formula is C20H29NO4. The fourth-order valence-corrected chi connectivity index (χ4v) is 3.42. The van der Waals surface area contributed by atoms with Crippen LogP contribution in [0.3, 0.4) is 0 Å². The Morgan fingerprint density at radius 1 is 1.20 bits per heavy atom. The van der Waals surface area contributed by atoms with Gasteiger partial charge in [0.1, 0.15) is 11.3 Å². The summed E-state index contributed by atoms with van der Waals surface area (Å²) in [4.78, 5) is 24.6. The van der Waals surface area contributed by atoms with Gasteiger partial charge in [0.2, 0.25) is 0 Å². The number of hydrogen-bond donors (Lipinski definition) is 1. The maximum absolute atomic E-state index is 12.4. The van der Waals surface area contributed by atoms with Gasteiger partial charge < -0.3 is 14.8 Å². The molecule has 1 fully saturated rings. The van der Waals surface area contributed by atoms with Crippen LogP contribution in [0.15, 0.2) is 24.3 Å². The Kier molecular flexibility index (Phi) is 6.85. The molecule has 1 saturated carbocycles. The summed E-state index contributed by atoms with van der Waals surface area (Å²) in [6.07, 6.45) is 5.13. The number of esters is 1. The zero-order chi connectivity index (χ0) is 18.3. The van der Waals surface area contributed by atoms with Crippen LogP contribution in [0.5, 0.6) is 5.75 Å². The second-order valence-corrected chi connectivity index (χ2v) is 6.82. The molecule has 0 aliphatic heterocycles. The van der Waals surface area contributed by atoms with Crippen LogP contribution in [-0.2, 0) is 14.3 Å². The molecule has 1 N–H and O–H groups in total. The van der Waals surface area contributed by atoms with Crippen molar-refractivity contribution >= 4 is 11.9 Å². The topological polar surface area (TPSA) is 64.6 Å². The van der Waals surface area contributed by atoms with Crippen molar-refractivity contribution in [3.05, 3.63) is 29.8 Å². The number of methoxy groups -OCH3 is 1. The average molecular weight is 347 g/mol. The predicted octanol–water partition coefficient (Wildman–Crippen LogP) is 3.57. The molecule has 1 amide bonds. The molecule has 25 heavy (non-hydrogen) atoms. The first-order valence-electron chi connectivity index (χ1n) is 9.13. The number of para-hydroxylation sites is 1. The Morgan fingerprint density at radius 2 is 1.88 bits per heavy atom. The lowest BCUT2D eigenvalue weighted by atomic mass is 9.81. The van der Waals surface area contributed by atoms with E-state index in [1.54, 1.807) is 0 Å². The first-order valence-corrected chi connectivity index (χ1v) is 9.13. The summed E-state index contributed by atoms with van der Waals surface area (Å²) in [5, 5.41) is 2.88. The van der Waals surface area contributed by atoms with Gasteiger partial charge >= 0.3 is 5.97 Å². The largest absolute Gasteiger partial charge is 0.483 e. The Hall–Kier alpha value is -2.04. The van der Waals surface area contributed by atoms with Gasteiger partial charge in [-0.15, -0.1) is 0 Å². The molecule has 1 aliphatic carbocycles. The summed E-state index contributed by atoms with van der Waals surface area (Å²) in [6, 6.07) is 7.78. The molecule has 0 spiro atoms. The number of rotatable bonds is 7. The summed E-state index contributed by atoms with van der Waals surface area (Å²) in [5.41, 5.74) is 0.196. The number of nitrogens with one attached hydrogen (secondary N) is 1. The molecule has 1 aromatic carbocycles. The van der Waals surface area contributed by atoms with E-state index in [2.05, 4.69) is 19.2 Å². The summed E-state index contributed by atoms with van der Waals surface area (Å²) in [6.45, 7) is 4.15. The molecule has 0 radical (unpaired) electrons. The normalized spacial score (nSPS) is 17.4. The second-order valence-electron chi connectivity index (χ2n) is 6.82. The number of carbonyl (C=O) groups is 2. The molecule has 0 bridgehead atoms. The van der Waals surface area contributed by atoms with E-state index in [9.17, 15) is 9.59 Å². The zero-order valence-corrected chi connectivity index (χ0v) is 15.5. The highest BCUT2D eigenvalue weighted by molar-refractivity contribution is 5.88. The van der Waals surface area contributed by atoms with E-state index >= 15 is 0 Å². The average Bonchev–Trinajstić information content (AvgIpc) is 2.66. The van der Waals surface area contributed by atoms with Crippen molar-refractivity contribution in [2.45, 2.75) is 63.8 Å². The summed E-state index contributed by atoms with van der Waals surface area (Å²) >= 11 is 0. The lowest BCUT2D eigenvalue weighted by Crippen LogP contribution is -2.57. The van der Waals surface area contributed by atoms with E-state index in [-0.39, 0.29) is 18.5 Å². The Labute approximate surface area is 150 Å². The third-order valence-corrected chi connectivity index (χ3v) is 5.08. The van der Waals surface area contributed by atoms with Crippen molar-refractivity contribution in [2.24, 2.45) is 0 Å². The van der Waals surface area contributed by atoms with Crippen LogP contribution in [0, 0.1) is 0 Å². The lowest BCUT2D eigenvalue weighted by Gasteiger charge is -2.35. The van der Waals surface area contributed by atoms with Crippen molar-refractivity contribution in [3.63, 3.8) is 0 Å². The van der Waals surface area contributed by atoms with Crippen LogP contribution in [-0.4, -0.2) is 31.1 Å². The van der Waals surface area contributed by atoms with Gasteiger partial charge in [-0.25, -0.2) is 4.79 Å². The van der Waals surface area contributed by atoms with Crippen molar-refractivity contribution < 1.29 is 19.1 Å². The molecule has 5 heteroatoms. The maximum atomic E-state index is 12.4. The van der Waals surface area contributed by atoms with Crippen LogP contribution in [0.2, 0.25) is 0 Å². The van der Waals surface area contributed by atoms with Gasteiger partial charge in [-0.3, -0.25) is 4.79 Å². The van der Waals surface area contributed by atoms with Gasteiger partial charge in [0.05, 0.1) is 7.11 Å². The monoisotopic (exact) mass is 347 g/mol. The minimum atomic E-state index is -0.899. The van der Waals surface area contributed by atoms with E-state index in [0.29, 0.717) is 18.8 Å². The molecular weight excluding hydrogens is 318 g/mol. The molecule has 5 nitrogen and oxygen atoms in total. The molecule has 1 aromatic rings. The number of carbonyl (C=O) groups excluding carboxylic acids is 2. The quantitative estimate of drug-likeness (QED) is 0.766. The SMILES string of the molecule is CCC(C)c1ccccc1OCC(=O)NC1(C(=O)OC)CCCCC1. The molecule has 1 atom stereocenters. The minimum Gasteiger partial charge on any atom is -0.483 e. The van der Waals surface area contributed by atoms with Crippen molar-refractivity contribution in [3.8, 4) is 5.75 Å². The molecule has 0 saturated heterocycles. The first kappa shape index (κ1) is 19.3. The van der Waals surface area contributed by atoms with Crippen molar-refractivity contribution in [1.82, 2.24) is 5.32 Å². The van der Waals surface area contributed by atoms with Crippen LogP contribution < -0.4 is 10.1 Å². The van der Waals surface area contributed by atoms with Gasteiger partial charge in [-0.05, 0) is 36.8 Å². The van der Waals surface area contributed by atoms with Crippen molar-refractivity contribution in [2.75, 3.05) is 13.7 Å². The van der Waals surface area contributed by atoms with Gasteiger partial charge in [0.25, 0.3) is 5.91 Å². The van der Waals surface area contributed by atoms with Crippen LogP contribution >= 0.6 is 0 Å². The molecule has 1 unspecified atom stereocenters. The minimum absolute atomic E-state index is 0.105. The standard InChI is InChI=1S/C20H29NO4/c1-4-15(2)16-10-6-7-11-17(16)25-14-18(22)21-20(19(23)24-3)12-8-5-9-13-20/h6-7,10-11,15H,4-5,8-9,12-14H2,1-3H3,(H,21,22). The fourth-order valence-electron chi connectivity index (χ4n) is 3.42. The lowest BCUT2D eigenvalue weighted by molar-refractivity contribution is -0.152. The van der Waals surface area contributed by atoms with E-state index in [1.165, 1.54) is 7.11 Å². The Balaban J connectivity index is 2.01. The number of benzene rings is 1. The van der Waals surface area contributed by atoms with Gasteiger partial charge in [0.15, 0.2) is 6.61 Å². The molecule has 0 aromatic heterocycles.